The van der Waals surface area contributed by atoms with Gasteiger partial charge in [0.1, 0.15) is 6.07 Å². The molecule has 0 saturated carbocycles. The van der Waals surface area contributed by atoms with E-state index in [1.165, 1.54) is 13.3 Å². The van der Waals surface area contributed by atoms with Crippen LogP contribution in [0.3, 0.4) is 0 Å². The molecule has 0 aromatic heterocycles. The lowest BCUT2D eigenvalue weighted by molar-refractivity contribution is -0.135. The Kier molecular flexibility index (Phi) is 6.64. The summed E-state index contributed by atoms with van der Waals surface area (Å²) in [5.41, 5.74) is 1.06. The zero-order chi connectivity index (χ0) is 16.5. The second kappa shape index (κ2) is 8.47. The van der Waals surface area contributed by atoms with E-state index in [9.17, 15) is 9.59 Å². The highest BCUT2D eigenvalue weighted by Crippen LogP contribution is 2.11. The van der Waals surface area contributed by atoms with Gasteiger partial charge in [-0.05, 0) is 37.6 Å². The van der Waals surface area contributed by atoms with Crippen LogP contribution in [0.25, 0.3) is 0 Å². The van der Waals surface area contributed by atoms with Crippen molar-refractivity contribution >= 4 is 17.6 Å². The fourth-order valence-corrected chi connectivity index (χ4v) is 1.53. The molecule has 0 aliphatic heterocycles. The van der Waals surface area contributed by atoms with Crippen LogP contribution in [0, 0.1) is 11.3 Å². The molecule has 0 saturated heterocycles. The summed E-state index contributed by atoms with van der Waals surface area (Å²) in [5.74, 6) is -0.844. The number of carbonyl (C=O) groups is 2. The molecule has 6 nitrogen and oxygen atoms in total. The van der Waals surface area contributed by atoms with E-state index in [1.54, 1.807) is 30.3 Å². The third-order valence-corrected chi connectivity index (χ3v) is 3.05. The first-order valence-corrected chi connectivity index (χ1v) is 6.87. The van der Waals surface area contributed by atoms with E-state index in [4.69, 9.17) is 5.26 Å². The summed E-state index contributed by atoms with van der Waals surface area (Å²) in [7, 11) is 1.21. The zero-order valence-electron chi connectivity index (χ0n) is 12.8. The van der Waals surface area contributed by atoms with Crippen molar-refractivity contribution in [3.63, 3.8) is 0 Å². The number of benzene rings is 1. The van der Waals surface area contributed by atoms with Crippen LogP contribution in [-0.2, 0) is 9.53 Å². The van der Waals surface area contributed by atoms with Gasteiger partial charge in [0.25, 0.3) is 5.91 Å². The quantitative estimate of drug-likeness (QED) is 0.477. The first kappa shape index (κ1) is 17.2. The number of nitrogens with one attached hydrogen (secondary N) is 2. The molecule has 0 bridgehead atoms. The molecule has 0 fully saturated rings. The van der Waals surface area contributed by atoms with Crippen LogP contribution in [0.15, 0.2) is 36.0 Å². The molecule has 0 aliphatic carbocycles. The molecule has 0 aliphatic rings. The van der Waals surface area contributed by atoms with Crippen molar-refractivity contribution in [3.8, 4) is 6.07 Å². The Morgan fingerprint density at radius 1 is 1.36 bits per heavy atom. The number of rotatable bonds is 6. The number of esters is 1. The normalized spacial score (nSPS) is 12.0. The molecule has 1 rings (SSSR count). The maximum atomic E-state index is 11.9. The van der Waals surface area contributed by atoms with Crippen molar-refractivity contribution in [3.05, 3.63) is 41.6 Å². The average molecular weight is 301 g/mol. The highest BCUT2D eigenvalue weighted by molar-refractivity contribution is 5.95. The number of hydrogen-bond acceptors (Lipinski definition) is 5. The van der Waals surface area contributed by atoms with Crippen molar-refractivity contribution in [2.45, 2.75) is 26.3 Å². The predicted molar refractivity (Wildman–Crippen MR) is 83.0 cm³/mol. The van der Waals surface area contributed by atoms with Gasteiger partial charge in [0.05, 0.1) is 7.11 Å². The van der Waals surface area contributed by atoms with Crippen molar-refractivity contribution in [2.24, 2.45) is 0 Å². The summed E-state index contributed by atoms with van der Waals surface area (Å²) >= 11 is 0. The Balaban J connectivity index is 2.73. The van der Waals surface area contributed by atoms with Gasteiger partial charge in [-0.25, -0.2) is 4.79 Å². The zero-order valence-corrected chi connectivity index (χ0v) is 12.8. The monoisotopic (exact) mass is 301 g/mol. The van der Waals surface area contributed by atoms with Crippen LogP contribution in [0.5, 0.6) is 0 Å². The van der Waals surface area contributed by atoms with E-state index >= 15 is 0 Å². The van der Waals surface area contributed by atoms with Crippen LogP contribution in [-0.4, -0.2) is 25.0 Å². The number of nitriles is 1. The van der Waals surface area contributed by atoms with Gasteiger partial charge < -0.3 is 15.4 Å². The second-order valence-corrected chi connectivity index (χ2v) is 4.67. The van der Waals surface area contributed by atoms with Crippen LogP contribution in [0.4, 0.5) is 5.69 Å². The lowest BCUT2D eigenvalue weighted by Gasteiger charge is -2.11. The maximum absolute atomic E-state index is 11.9. The third-order valence-electron chi connectivity index (χ3n) is 3.05. The van der Waals surface area contributed by atoms with Crippen LogP contribution < -0.4 is 10.6 Å². The fourth-order valence-electron chi connectivity index (χ4n) is 1.53. The molecule has 1 aromatic carbocycles. The predicted octanol–water partition coefficient (Wildman–Crippen LogP) is 2.21. The van der Waals surface area contributed by atoms with E-state index in [0.29, 0.717) is 11.3 Å². The Morgan fingerprint density at radius 3 is 2.50 bits per heavy atom. The van der Waals surface area contributed by atoms with Crippen LogP contribution >= 0.6 is 0 Å². The minimum atomic E-state index is -0.709. The molecule has 0 heterocycles. The fraction of sp³-hybridized carbons (Fsp3) is 0.312. The van der Waals surface area contributed by atoms with Crippen molar-refractivity contribution < 1.29 is 14.3 Å². The number of carbonyl (C=O) groups excluding carboxylic acids is 2. The molecule has 1 atom stereocenters. The van der Waals surface area contributed by atoms with E-state index < -0.39 is 5.97 Å². The molecular formula is C16H19N3O3. The van der Waals surface area contributed by atoms with E-state index in [-0.39, 0.29) is 17.5 Å². The highest BCUT2D eigenvalue weighted by atomic mass is 16.5. The van der Waals surface area contributed by atoms with E-state index in [2.05, 4.69) is 15.4 Å². The molecule has 116 valence electrons. The standard InChI is InChI=1S/C16H19N3O3/c1-4-11(2)19-15(20)12-5-7-14(8-6-12)18-10-13(9-17)16(21)22-3/h5-8,10-11,18H,4H2,1-3H3,(H,19,20)/b13-10-. The number of hydrogen-bond donors (Lipinski definition) is 2. The number of ether oxygens (including phenoxy) is 1. The second-order valence-electron chi connectivity index (χ2n) is 4.67. The van der Waals surface area contributed by atoms with Gasteiger partial charge in [-0.15, -0.1) is 0 Å². The van der Waals surface area contributed by atoms with Gasteiger partial charge in [-0.3, -0.25) is 4.79 Å². The number of anilines is 1. The first-order chi connectivity index (χ1) is 10.5. The van der Waals surface area contributed by atoms with Gasteiger partial charge in [0.2, 0.25) is 0 Å². The number of methoxy groups -OCH3 is 1. The SMILES string of the molecule is CCC(C)NC(=O)c1ccc(N/C=C(/C#N)C(=O)OC)cc1. The van der Waals surface area contributed by atoms with Gasteiger partial charge in [-0.2, -0.15) is 5.26 Å². The number of nitrogens with zero attached hydrogens (tertiary/aromatic N) is 1. The van der Waals surface area contributed by atoms with Gasteiger partial charge in [0, 0.05) is 23.5 Å². The summed E-state index contributed by atoms with van der Waals surface area (Å²) in [6, 6.07) is 8.56. The summed E-state index contributed by atoms with van der Waals surface area (Å²) in [4.78, 5) is 23.2. The smallest absolute Gasteiger partial charge is 0.350 e. The topological polar surface area (TPSA) is 91.2 Å². The summed E-state index contributed by atoms with van der Waals surface area (Å²) in [6.07, 6.45) is 2.13. The van der Waals surface area contributed by atoms with E-state index in [1.807, 2.05) is 13.8 Å². The minimum absolute atomic E-state index is 0.117. The molecule has 0 spiro atoms. The molecule has 22 heavy (non-hydrogen) atoms. The summed E-state index contributed by atoms with van der Waals surface area (Å²) in [6.45, 7) is 3.94. The van der Waals surface area contributed by atoms with Crippen molar-refractivity contribution in [2.75, 3.05) is 12.4 Å². The van der Waals surface area contributed by atoms with Gasteiger partial charge in [0.15, 0.2) is 5.57 Å². The Labute approximate surface area is 129 Å². The largest absolute Gasteiger partial charge is 0.465 e. The first-order valence-electron chi connectivity index (χ1n) is 6.87. The molecule has 6 heteroatoms. The molecule has 2 N–H and O–H groups in total. The summed E-state index contributed by atoms with van der Waals surface area (Å²) in [5, 5.41) is 14.5. The van der Waals surface area contributed by atoms with Gasteiger partial charge >= 0.3 is 5.97 Å². The lowest BCUT2D eigenvalue weighted by Crippen LogP contribution is -2.31. The molecule has 1 unspecified atom stereocenters. The van der Waals surface area contributed by atoms with Crippen LogP contribution in [0.2, 0.25) is 0 Å². The minimum Gasteiger partial charge on any atom is -0.465 e. The average Bonchev–Trinajstić information content (AvgIpc) is 2.55. The molecule has 1 aromatic rings. The third kappa shape index (κ3) is 4.94. The maximum Gasteiger partial charge on any atom is 0.350 e. The molecular weight excluding hydrogens is 282 g/mol. The van der Waals surface area contributed by atoms with Crippen molar-refractivity contribution in [1.29, 1.82) is 5.26 Å². The lowest BCUT2D eigenvalue weighted by atomic mass is 10.1. The van der Waals surface area contributed by atoms with Gasteiger partial charge in [-0.1, -0.05) is 6.92 Å². The molecule has 0 radical (unpaired) electrons. The number of amides is 1. The Morgan fingerprint density at radius 2 is 2.00 bits per heavy atom. The Bertz CT molecular complexity index is 600. The highest BCUT2D eigenvalue weighted by Gasteiger charge is 2.09. The van der Waals surface area contributed by atoms with Crippen molar-refractivity contribution in [1.82, 2.24) is 5.32 Å². The molecule has 1 amide bonds. The summed E-state index contributed by atoms with van der Waals surface area (Å²) < 4.78 is 4.47. The van der Waals surface area contributed by atoms with Crippen LogP contribution in [0.1, 0.15) is 30.6 Å². The Hall–Kier alpha value is -2.81. The van der Waals surface area contributed by atoms with E-state index in [0.717, 1.165) is 6.42 Å².